The van der Waals surface area contributed by atoms with Gasteiger partial charge in [-0.15, -0.1) is 0 Å². The van der Waals surface area contributed by atoms with E-state index in [1.807, 2.05) is 0 Å². The molecule has 0 N–H and O–H groups in total. The van der Waals surface area contributed by atoms with Crippen LogP contribution < -0.4 is 4.74 Å². The topological polar surface area (TPSA) is 26.3 Å². The number of halogens is 1. The molecule has 17 heavy (non-hydrogen) atoms. The van der Waals surface area contributed by atoms with Crippen LogP contribution in [-0.2, 0) is 4.79 Å². The van der Waals surface area contributed by atoms with Crippen molar-refractivity contribution >= 4 is 5.78 Å². The standard InChI is InChI=1S/C14H17FO2/c1-10-5-6-12(9-13(10)15)17-8-7-11-3-2-4-14(11)16/h5-6,9,11H,2-4,7-8H2,1H3. The summed E-state index contributed by atoms with van der Waals surface area (Å²) in [6.45, 7) is 2.20. The van der Waals surface area contributed by atoms with Gasteiger partial charge in [-0.1, -0.05) is 6.07 Å². The van der Waals surface area contributed by atoms with Gasteiger partial charge in [0.25, 0.3) is 0 Å². The molecule has 2 rings (SSSR count). The Kier molecular flexibility index (Phi) is 3.77. The maximum atomic E-state index is 13.2. The molecule has 2 nitrogen and oxygen atoms in total. The largest absolute Gasteiger partial charge is 0.493 e. The van der Waals surface area contributed by atoms with E-state index in [0.29, 0.717) is 30.1 Å². The molecule has 0 aromatic heterocycles. The van der Waals surface area contributed by atoms with Crippen LogP contribution in [0.1, 0.15) is 31.2 Å². The molecule has 0 heterocycles. The third-order valence-electron chi connectivity index (χ3n) is 3.31. The van der Waals surface area contributed by atoms with Gasteiger partial charge >= 0.3 is 0 Å². The van der Waals surface area contributed by atoms with Crippen LogP contribution in [0.2, 0.25) is 0 Å². The van der Waals surface area contributed by atoms with Crippen LogP contribution >= 0.6 is 0 Å². The second-order valence-electron chi connectivity index (χ2n) is 4.60. The fourth-order valence-electron chi connectivity index (χ4n) is 2.18. The average molecular weight is 236 g/mol. The number of Topliss-reactive ketones (excluding diaryl/α,β-unsaturated/α-hetero) is 1. The van der Waals surface area contributed by atoms with Crippen molar-refractivity contribution in [3.05, 3.63) is 29.6 Å². The number of hydrogen-bond donors (Lipinski definition) is 0. The maximum absolute atomic E-state index is 13.2. The van der Waals surface area contributed by atoms with Crippen LogP contribution in [-0.4, -0.2) is 12.4 Å². The maximum Gasteiger partial charge on any atom is 0.136 e. The zero-order valence-electron chi connectivity index (χ0n) is 10.0. The third kappa shape index (κ3) is 3.05. The first kappa shape index (κ1) is 12.1. The first-order valence-corrected chi connectivity index (χ1v) is 6.08. The molecule has 0 radical (unpaired) electrons. The summed E-state index contributed by atoms with van der Waals surface area (Å²) in [5.74, 6) is 0.798. The smallest absolute Gasteiger partial charge is 0.136 e. The second-order valence-corrected chi connectivity index (χ2v) is 4.60. The molecule has 1 unspecified atom stereocenters. The summed E-state index contributed by atoms with van der Waals surface area (Å²) in [7, 11) is 0. The summed E-state index contributed by atoms with van der Waals surface area (Å²) in [6, 6.07) is 4.85. The molecule has 0 amide bonds. The third-order valence-corrected chi connectivity index (χ3v) is 3.31. The van der Waals surface area contributed by atoms with Gasteiger partial charge in [-0.25, -0.2) is 4.39 Å². The van der Waals surface area contributed by atoms with E-state index < -0.39 is 0 Å². The molecule has 1 aliphatic rings. The zero-order chi connectivity index (χ0) is 12.3. The van der Waals surface area contributed by atoms with Gasteiger partial charge in [-0.3, -0.25) is 4.79 Å². The number of ketones is 1. The molecule has 1 aromatic carbocycles. The summed E-state index contributed by atoms with van der Waals surface area (Å²) in [5.41, 5.74) is 0.614. The normalized spacial score (nSPS) is 19.6. The summed E-state index contributed by atoms with van der Waals surface area (Å²) in [4.78, 5) is 11.4. The highest BCUT2D eigenvalue weighted by Crippen LogP contribution is 2.24. The highest BCUT2D eigenvalue weighted by atomic mass is 19.1. The number of aryl methyl sites for hydroxylation is 1. The molecule has 3 heteroatoms. The van der Waals surface area contributed by atoms with E-state index >= 15 is 0 Å². The van der Waals surface area contributed by atoms with E-state index in [1.54, 1.807) is 19.1 Å². The first-order valence-electron chi connectivity index (χ1n) is 6.08. The van der Waals surface area contributed by atoms with Gasteiger partial charge in [0.1, 0.15) is 17.3 Å². The molecule has 1 aliphatic carbocycles. The van der Waals surface area contributed by atoms with Crippen molar-refractivity contribution in [1.82, 2.24) is 0 Å². The Morgan fingerprint density at radius 3 is 2.94 bits per heavy atom. The molecule has 0 spiro atoms. The van der Waals surface area contributed by atoms with Gasteiger partial charge < -0.3 is 4.74 Å². The number of hydrogen-bond acceptors (Lipinski definition) is 2. The monoisotopic (exact) mass is 236 g/mol. The van der Waals surface area contributed by atoms with E-state index in [0.717, 1.165) is 19.3 Å². The van der Waals surface area contributed by atoms with E-state index in [1.165, 1.54) is 6.07 Å². The fourth-order valence-corrected chi connectivity index (χ4v) is 2.18. The van der Waals surface area contributed by atoms with Crippen molar-refractivity contribution in [2.75, 3.05) is 6.61 Å². The number of rotatable bonds is 4. The van der Waals surface area contributed by atoms with Crippen molar-refractivity contribution in [1.29, 1.82) is 0 Å². The minimum atomic E-state index is -0.251. The van der Waals surface area contributed by atoms with Crippen molar-refractivity contribution in [2.24, 2.45) is 5.92 Å². The number of carbonyl (C=O) groups is 1. The molecule has 1 aromatic rings. The molecule has 0 saturated heterocycles. The first-order chi connectivity index (χ1) is 8.16. The van der Waals surface area contributed by atoms with E-state index in [9.17, 15) is 9.18 Å². The molecule has 0 aliphatic heterocycles. The van der Waals surface area contributed by atoms with Crippen LogP contribution in [0.25, 0.3) is 0 Å². The predicted molar refractivity (Wildman–Crippen MR) is 63.6 cm³/mol. The highest BCUT2D eigenvalue weighted by molar-refractivity contribution is 5.82. The highest BCUT2D eigenvalue weighted by Gasteiger charge is 2.23. The van der Waals surface area contributed by atoms with Crippen LogP contribution in [0, 0.1) is 18.7 Å². The number of ether oxygens (including phenoxy) is 1. The molecule has 0 bridgehead atoms. The van der Waals surface area contributed by atoms with Crippen molar-refractivity contribution in [2.45, 2.75) is 32.6 Å². The number of carbonyl (C=O) groups excluding carboxylic acids is 1. The molecule has 1 fully saturated rings. The van der Waals surface area contributed by atoms with Crippen molar-refractivity contribution in [3.8, 4) is 5.75 Å². The minimum absolute atomic E-state index is 0.158. The summed E-state index contributed by atoms with van der Waals surface area (Å²) in [5, 5.41) is 0. The van der Waals surface area contributed by atoms with Gasteiger partial charge in [-0.05, 0) is 37.8 Å². The zero-order valence-corrected chi connectivity index (χ0v) is 10.0. The van der Waals surface area contributed by atoms with Gasteiger partial charge in [0.05, 0.1) is 6.61 Å². The molecule has 1 saturated carbocycles. The van der Waals surface area contributed by atoms with E-state index in [4.69, 9.17) is 4.74 Å². The number of benzene rings is 1. The molecule has 92 valence electrons. The summed E-state index contributed by atoms with van der Waals surface area (Å²) in [6.07, 6.45) is 3.44. The summed E-state index contributed by atoms with van der Waals surface area (Å²) >= 11 is 0. The van der Waals surface area contributed by atoms with Crippen LogP contribution in [0.3, 0.4) is 0 Å². The van der Waals surface area contributed by atoms with Crippen molar-refractivity contribution in [3.63, 3.8) is 0 Å². The summed E-state index contributed by atoms with van der Waals surface area (Å²) < 4.78 is 18.7. The Morgan fingerprint density at radius 1 is 1.47 bits per heavy atom. The van der Waals surface area contributed by atoms with E-state index in [2.05, 4.69) is 0 Å². The Hall–Kier alpha value is -1.38. The van der Waals surface area contributed by atoms with Gasteiger partial charge in [0, 0.05) is 18.4 Å². The van der Waals surface area contributed by atoms with Gasteiger partial charge in [-0.2, -0.15) is 0 Å². The fraction of sp³-hybridized carbons (Fsp3) is 0.500. The Balaban J connectivity index is 1.81. The van der Waals surface area contributed by atoms with Crippen molar-refractivity contribution < 1.29 is 13.9 Å². The van der Waals surface area contributed by atoms with Crippen LogP contribution in [0.5, 0.6) is 5.75 Å². The molecule has 1 atom stereocenters. The van der Waals surface area contributed by atoms with Gasteiger partial charge in [0.2, 0.25) is 0 Å². The average Bonchev–Trinajstić information content (AvgIpc) is 2.70. The van der Waals surface area contributed by atoms with E-state index in [-0.39, 0.29) is 11.7 Å². The quantitative estimate of drug-likeness (QED) is 0.802. The minimum Gasteiger partial charge on any atom is -0.493 e. The Bertz CT molecular complexity index is 415. The Morgan fingerprint density at radius 2 is 2.29 bits per heavy atom. The lowest BCUT2D eigenvalue weighted by atomic mass is 10.0. The lowest BCUT2D eigenvalue weighted by molar-refractivity contribution is -0.121. The van der Waals surface area contributed by atoms with Gasteiger partial charge in [0.15, 0.2) is 0 Å². The lowest BCUT2D eigenvalue weighted by Gasteiger charge is -2.10. The predicted octanol–water partition coefficient (Wildman–Crippen LogP) is 3.27. The Labute approximate surface area is 101 Å². The van der Waals surface area contributed by atoms with Crippen LogP contribution in [0.4, 0.5) is 4.39 Å². The molecular weight excluding hydrogens is 219 g/mol. The van der Waals surface area contributed by atoms with Crippen LogP contribution in [0.15, 0.2) is 18.2 Å². The molecular formula is C14H17FO2. The second kappa shape index (κ2) is 5.30. The lowest BCUT2D eigenvalue weighted by Crippen LogP contribution is -2.11. The SMILES string of the molecule is Cc1ccc(OCCC2CCCC2=O)cc1F.